The first kappa shape index (κ1) is 19.9. The zero-order chi connectivity index (χ0) is 21.3. The van der Waals surface area contributed by atoms with E-state index in [9.17, 15) is 4.39 Å². The summed E-state index contributed by atoms with van der Waals surface area (Å²) in [5.74, 6) is 0.537. The maximum atomic E-state index is 13.2. The first-order chi connectivity index (χ1) is 15.1. The number of morpholine rings is 1. The highest BCUT2D eigenvalue weighted by Crippen LogP contribution is 2.47. The molecule has 2 aromatic heterocycles. The lowest BCUT2D eigenvalue weighted by atomic mass is 10.1. The van der Waals surface area contributed by atoms with Crippen molar-refractivity contribution in [1.82, 2.24) is 19.7 Å². The summed E-state index contributed by atoms with van der Waals surface area (Å²) < 4.78 is 20.5. The van der Waals surface area contributed by atoms with Crippen LogP contribution in [-0.4, -0.2) is 52.7 Å². The number of alkyl halides is 1. The number of halogens is 1. The van der Waals surface area contributed by atoms with E-state index in [1.807, 2.05) is 36.1 Å². The fraction of sp³-hybridized carbons (Fsp3) is 0.435. The normalized spacial score (nSPS) is 17.5. The number of hydrogen-bond donors (Lipinski definition) is 1. The van der Waals surface area contributed by atoms with Crippen LogP contribution in [0.4, 0.5) is 21.7 Å². The fourth-order valence-corrected chi connectivity index (χ4v) is 3.93. The van der Waals surface area contributed by atoms with Gasteiger partial charge in [0, 0.05) is 54.4 Å². The zero-order valence-corrected chi connectivity index (χ0v) is 17.7. The molecule has 2 aliphatic rings. The Morgan fingerprint density at radius 3 is 2.61 bits per heavy atom. The summed E-state index contributed by atoms with van der Waals surface area (Å²) in [6.07, 6.45) is 7.43. The Hall–Kier alpha value is -3.00. The Kier molecular flexibility index (Phi) is 5.31. The van der Waals surface area contributed by atoms with Crippen molar-refractivity contribution in [2.75, 3.05) is 43.2 Å². The Morgan fingerprint density at radius 2 is 1.90 bits per heavy atom. The molecule has 0 radical (unpaired) electrons. The number of aromatic nitrogens is 4. The molecule has 1 N–H and O–H groups in total. The number of rotatable bonds is 7. The minimum absolute atomic E-state index is 0.204. The number of nitrogens with one attached hydrogen (secondary N) is 1. The molecular weight excluding hydrogens is 395 g/mol. The second-order valence-corrected chi connectivity index (χ2v) is 8.56. The lowest BCUT2D eigenvalue weighted by molar-refractivity contribution is 0.122. The summed E-state index contributed by atoms with van der Waals surface area (Å²) in [6, 6.07) is 8.28. The standard InChI is InChI=1S/C23H27FN6O/c1-17-12-25-22(27-19-2-4-20(5-3-19)29-8-10-31-11-9-29)28-21(17)18-13-26-30(14-18)16-23(15-24)6-7-23/h2-5,12-14H,6-11,15-16H2,1H3,(H,25,27,28). The Balaban J connectivity index is 1.30. The average molecular weight is 423 g/mol. The van der Waals surface area contributed by atoms with Gasteiger partial charge < -0.3 is 15.0 Å². The summed E-state index contributed by atoms with van der Waals surface area (Å²) in [4.78, 5) is 11.5. The predicted octanol–water partition coefficient (Wildman–Crippen LogP) is 3.98. The van der Waals surface area contributed by atoms with E-state index in [-0.39, 0.29) is 12.1 Å². The lowest BCUT2D eigenvalue weighted by Gasteiger charge is -2.28. The van der Waals surface area contributed by atoms with Crippen molar-refractivity contribution in [2.45, 2.75) is 26.3 Å². The van der Waals surface area contributed by atoms with E-state index in [1.165, 1.54) is 5.69 Å². The maximum absolute atomic E-state index is 13.2. The van der Waals surface area contributed by atoms with Crippen molar-refractivity contribution in [1.29, 1.82) is 0 Å². The van der Waals surface area contributed by atoms with Gasteiger partial charge in [-0.2, -0.15) is 5.10 Å². The largest absolute Gasteiger partial charge is 0.378 e. The quantitative estimate of drug-likeness (QED) is 0.621. The van der Waals surface area contributed by atoms with Gasteiger partial charge >= 0.3 is 0 Å². The number of anilines is 3. The Labute approximate surface area is 181 Å². The van der Waals surface area contributed by atoms with Crippen LogP contribution in [0.1, 0.15) is 18.4 Å². The average Bonchev–Trinajstić information content (AvgIpc) is 3.44. The molecule has 1 saturated heterocycles. The van der Waals surface area contributed by atoms with Crippen LogP contribution in [0.25, 0.3) is 11.3 Å². The van der Waals surface area contributed by atoms with E-state index in [0.717, 1.165) is 61.7 Å². The lowest BCUT2D eigenvalue weighted by Crippen LogP contribution is -2.36. The van der Waals surface area contributed by atoms with E-state index < -0.39 is 0 Å². The predicted molar refractivity (Wildman–Crippen MR) is 118 cm³/mol. The van der Waals surface area contributed by atoms with E-state index in [1.54, 1.807) is 6.20 Å². The van der Waals surface area contributed by atoms with Crippen molar-refractivity contribution in [3.63, 3.8) is 0 Å². The third-order valence-electron chi connectivity index (χ3n) is 6.12. The molecule has 3 aromatic rings. The molecule has 0 bridgehead atoms. The molecule has 162 valence electrons. The van der Waals surface area contributed by atoms with Crippen LogP contribution in [0.2, 0.25) is 0 Å². The van der Waals surface area contributed by atoms with Crippen molar-refractivity contribution >= 4 is 17.3 Å². The Morgan fingerprint density at radius 1 is 1.13 bits per heavy atom. The molecule has 2 fully saturated rings. The van der Waals surface area contributed by atoms with E-state index in [0.29, 0.717) is 12.5 Å². The highest BCUT2D eigenvalue weighted by atomic mass is 19.1. The van der Waals surface area contributed by atoms with Gasteiger partial charge in [-0.15, -0.1) is 0 Å². The van der Waals surface area contributed by atoms with Crippen molar-refractivity contribution in [3.8, 4) is 11.3 Å². The summed E-state index contributed by atoms with van der Waals surface area (Å²) in [5.41, 5.74) is 4.64. The van der Waals surface area contributed by atoms with Crippen molar-refractivity contribution in [2.24, 2.45) is 5.41 Å². The SMILES string of the molecule is Cc1cnc(Nc2ccc(N3CCOCC3)cc2)nc1-c1cnn(CC2(CF)CC2)c1. The first-order valence-electron chi connectivity index (χ1n) is 10.8. The van der Waals surface area contributed by atoms with Gasteiger partial charge in [0.05, 0.1) is 31.8 Å². The number of benzene rings is 1. The third kappa shape index (κ3) is 4.39. The zero-order valence-electron chi connectivity index (χ0n) is 17.7. The molecule has 0 unspecified atom stereocenters. The summed E-state index contributed by atoms with van der Waals surface area (Å²) in [6.45, 7) is 5.68. The molecule has 1 aliphatic heterocycles. The van der Waals surface area contributed by atoms with Crippen LogP contribution in [0.5, 0.6) is 0 Å². The molecule has 8 heteroatoms. The van der Waals surface area contributed by atoms with Gasteiger partial charge in [-0.3, -0.25) is 9.07 Å². The molecule has 1 aliphatic carbocycles. The smallest absolute Gasteiger partial charge is 0.227 e. The van der Waals surface area contributed by atoms with Gasteiger partial charge in [-0.1, -0.05) is 0 Å². The molecular formula is C23H27FN6O. The Bertz CT molecular complexity index is 1040. The van der Waals surface area contributed by atoms with Gasteiger partial charge in [0.1, 0.15) is 0 Å². The second-order valence-electron chi connectivity index (χ2n) is 8.56. The van der Waals surface area contributed by atoms with Gasteiger partial charge in [-0.05, 0) is 49.6 Å². The molecule has 31 heavy (non-hydrogen) atoms. The van der Waals surface area contributed by atoms with Crippen molar-refractivity contribution in [3.05, 3.63) is 48.4 Å². The first-order valence-corrected chi connectivity index (χ1v) is 10.8. The second kappa shape index (κ2) is 8.26. The molecule has 3 heterocycles. The molecule has 7 nitrogen and oxygen atoms in total. The minimum atomic E-state index is -0.285. The van der Waals surface area contributed by atoms with E-state index in [4.69, 9.17) is 9.72 Å². The summed E-state index contributed by atoms with van der Waals surface area (Å²) in [7, 11) is 0. The van der Waals surface area contributed by atoms with Crippen LogP contribution in [0, 0.1) is 12.3 Å². The molecule has 0 spiro atoms. The topological polar surface area (TPSA) is 68.1 Å². The van der Waals surface area contributed by atoms with Gasteiger partial charge in [0.2, 0.25) is 5.95 Å². The summed E-state index contributed by atoms with van der Waals surface area (Å²) in [5, 5.41) is 7.72. The minimum Gasteiger partial charge on any atom is -0.378 e. The third-order valence-corrected chi connectivity index (χ3v) is 6.12. The number of nitrogens with zero attached hydrogens (tertiary/aromatic N) is 5. The van der Waals surface area contributed by atoms with Crippen molar-refractivity contribution < 1.29 is 9.13 Å². The van der Waals surface area contributed by atoms with Gasteiger partial charge in [-0.25, -0.2) is 9.97 Å². The maximum Gasteiger partial charge on any atom is 0.227 e. The number of ether oxygens (including phenoxy) is 1. The van der Waals surface area contributed by atoms with Crippen LogP contribution in [0.3, 0.4) is 0 Å². The van der Waals surface area contributed by atoms with Crippen LogP contribution in [-0.2, 0) is 11.3 Å². The van der Waals surface area contributed by atoms with Crippen LogP contribution < -0.4 is 10.2 Å². The highest BCUT2D eigenvalue weighted by Gasteiger charge is 2.43. The number of aryl methyl sites for hydroxylation is 1. The molecule has 0 amide bonds. The molecule has 0 atom stereocenters. The molecule has 1 saturated carbocycles. The highest BCUT2D eigenvalue weighted by molar-refractivity contribution is 5.65. The van der Waals surface area contributed by atoms with Crippen LogP contribution >= 0.6 is 0 Å². The molecule has 5 rings (SSSR count). The summed E-state index contributed by atoms with van der Waals surface area (Å²) >= 11 is 0. The molecule has 1 aromatic carbocycles. The van der Waals surface area contributed by atoms with Gasteiger partial charge in [0.15, 0.2) is 0 Å². The van der Waals surface area contributed by atoms with E-state index in [2.05, 4.69) is 32.4 Å². The van der Waals surface area contributed by atoms with Gasteiger partial charge in [0.25, 0.3) is 0 Å². The number of hydrogen-bond acceptors (Lipinski definition) is 6. The fourth-order valence-electron chi connectivity index (χ4n) is 3.93. The van der Waals surface area contributed by atoms with Crippen LogP contribution in [0.15, 0.2) is 42.9 Å². The van der Waals surface area contributed by atoms with E-state index >= 15 is 0 Å². The monoisotopic (exact) mass is 422 g/mol.